The summed E-state index contributed by atoms with van der Waals surface area (Å²) in [5, 5.41) is 14.2. The highest BCUT2D eigenvalue weighted by Crippen LogP contribution is 2.41. The van der Waals surface area contributed by atoms with Crippen LogP contribution in [0.1, 0.15) is 49.5 Å². The standard InChI is InChI=1S/C10H17N3S/c1-10(2,3)11-6-8-12-13-9(14-8)7-4-5-7/h7,11H,4-6H2,1-3H3. The lowest BCUT2D eigenvalue weighted by Crippen LogP contribution is -2.35. The van der Waals surface area contributed by atoms with E-state index in [4.69, 9.17) is 0 Å². The SMILES string of the molecule is CC(C)(C)NCc1nnc(C2CC2)s1. The topological polar surface area (TPSA) is 37.8 Å². The third-order valence-corrected chi connectivity index (χ3v) is 3.26. The van der Waals surface area contributed by atoms with Gasteiger partial charge in [0.2, 0.25) is 0 Å². The van der Waals surface area contributed by atoms with Gasteiger partial charge in [-0.05, 0) is 33.6 Å². The lowest BCUT2D eigenvalue weighted by atomic mass is 10.1. The van der Waals surface area contributed by atoms with Crippen molar-refractivity contribution in [3.8, 4) is 0 Å². The second kappa shape index (κ2) is 3.59. The van der Waals surface area contributed by atoms with Gasteiger partial charge in [-0.25, -0.2) is 0 Å². The minimum Gasteiger partial charge on any atom is -0.306 e. The number of nitrogens with zero attached hydrogens (tertiary/aromatic N) is 2. The van der Waals surface area contributed by atoms with Crippen LogP contribution in [-0.4, -0.2) is 15.7 Å². The van der Waals surface area contributed by atoms with Crippen molar-refractivity contribution in [2.75, 3.05) is 0 Å². The minimum absolute atomic E-state index is 0.158. The first-order valence-electron chi connectivity index (χ1n) is 5.12. The molecule has 0 amide bonds. The zero-order valence-corrected chi connectivity index (χ0v) is 9.82. The maximum Gasteiger partial charge on any atom is 0.131 e. The van der Waals surface area contributed by atoms with Crippen molar-refractivity contribution in [1.29, 1.82) is 0 Å². The highest BCUT2D eigenvalue weighted by molar-refractivity contribution is 7.11. The number of aromatic nitrogens is 2. The molecule has 0 spiro atoms. The second-order valence-corrected chi connectivity index (χ2v) is 6.01. The molecule has 0 aliphatic heterocycles. The summed E-state index contributed by atoms with van der Waals surface area (Å²) in [6.45, 7) is 7.33. The van der Waals surface area contributed by atoms with Gasteiger partial charge >= 0.3 is 0 Å². The van der Waals surface area contributed by atoms with Crippen molar-refractivity contribution in [1.82, 2.24) is 15.5 Å². The zero-order valence-electron chi connectivity index (χ0n) is 9.00. The lowest BCUT2D eigenvalue weighted by molar-refractivity contribution is 0.423. The molecule has 0 atom stereocenters. The molecule has 78 valence electrons. The van der Waals surface area contributed by atoms with Crippen LogP contribution < -0.4 is 5.32 Å². The Hall–Kier alpha value is -0.480. The van der Waals surface area contributed by atoms with E-state index in [1.807, 2.05) is 0 Å². The molecule has 1 fully saturated rings. The Bertz CT molecular complexity index is 309. The molecular weight excluding hydrogens is 194 g/mol. The second-order valence-electron chi connectivity index (χ2n) is 4.91. The Labute approximate surface area is 88.9 Å². The summed E-state index contributed by atoms with van der Waals surface area (Å²) < 4.78 is 0. The van der Waals surface area contributed by atoms with Crippen LogP contribution in [0.25, 0.3) is 0 Å². The largest absolute Gasteiger partial charge is 0.306 e. The molecule has 0 unspecified atom stereocenters. The Balaban J connectivity index is 1.90. The third kappa shape index (κ3) is 2.75. The van der Waals surface area contributed by atoms with Crippen molar-refractivity contribution < 1.29 is 0 Å². The van der Waals surface area contributed by atoms with Gasteiger partial charge in [0.15, 0.2) is 0 Å². The maximum absolute atomic E-state index is 4.21. The summed E-state index contributed by atoms with van der Waals surface area (Å²) in [5.41, 5.74) is 0.158. The van der Waals surface area contributed by atoms with Gasteiger partial charge in [-0.1, -0.05) is 11.3 Å². The van der Waals surface area contributed by atoms with Gasteiger partial charge in [-0.15, -0.1) is 10.2 Å². The zero-order chi connectivity index (χ0) is 10.2. The van der Waals surface area contributed by atoms with Crippen LogP contribution in [0, 0.1) is 0 Å². The fraction of sp³-hybridized carbons (Fsp3) is 0.800. The van der Waals surface area contributed by atoms with E-state index in [2.05, 4.69) is 36.3 Å². The predicted molar refractivity (Wildman–Crippen MR) is 58.5 cm³/mol. The first-order valence-corrected chi connectivity index (χ1v) is 5.93. The van der Waals surface area contributed by atoms with E-state index < -0.39 is 0 Å². The van der Waals surface area contributed by atoms with Gasteiger partial charge in [0.05, 0.1) is 6.54 Å². The average molecular weight is 211 g/mol. The molecule has 3 nitrogen and oxygen atoms in total. The number of rotatable bonds is 3. The molecule has 4 heteroatoms. The third-order valence-electron chi connectivity index (χ3n) is 2.18. The Morgan fingerprint density at radius 1 is 1.36 bits per heavy atom. The Morgan fingerprint density at radius 3 is 2.64 bits per heavy atom. The van der Waals surface area contributed by atoms with Crippen LogP contribution in [0.3, 0.4) is 0 Å². The first-order chi connectivity index (χ1) is 6.54. The summed E-state index contributed by atoms with van der Waals surface area (Å²) in [4.78, 5) is 0. The van der Waals surface area contributed by atoms with E-state index in [9.17, 15) is 0 Å². The van der Waals surface area contributed by atoms with Crippen molar-refractivity contribution in [2.24, 2.45) is 0 Å². The van der Waals surface area contributed by atoms with E-state index in [0.717, 1.165) is 17.5 Å². The quantitative estimate of drug-likeness (QED) is 0.833. The van der Waals surface area contributed by atoms with Crippen LogP contribution >= 0.6 is 11.3 Å². The van der Waals surface area contributed by atoms with Gasteiger partial charge in [-0.2, -0.15) is 0 Å². The van der Waals surface area contributed by atoms with Gasteiger partial charge in [0, 0.05) is 11.5 Å². The summed E-state index contributed by atoms with van der Waals surface area (Å²) in [6.07, 6.45) is 2.61. The van der Waals surface area contributed by atoms with Crippen LogP contribution in [0.2, 0.25) is 0 Å². The summed E-state index contributed by atoms with van der Waals surface area (Å²) >= 11 is 1.76. The Kier molecular flexibility index (Phi) is 2.58. The van der Waals surface area contributed by atoms with Gasteiger partial charge in [0.1, 0.15) is 10.0 Å². The molecule has 1 saturated carbocycles. The molecule has 1 heterocycles. The Morgan fingerprint density at radius 2 is 2.07 bits per heavy atom. The van der Waals surface area contributed by atoms with Crippen LogP contribution in [-0.2, 0) is 6.54 Å². The summed E-state index contributed by atoms with van der Waals surface area (Å²) in [6, 6.07) is 0. The summed E-state index contributed by atoms with van der Waals surface area (Å²) in [7, 11) is 0. The van der Waals surface area contributed by atoms with Crippen LogP contribution in [0.15, 0.2) is 0 Å². The normalized spacial score (nSPS) is 17.4. The van der Waals surface area contributed by atoms with Crippen LogP contribution in [0.5, 0.6) is 0 Å². The van der Waals surface area contributed by atoms with E-state index in [1.165, 1.54) is 17.8 Å². The summed E-state index contributed by atoms with van der Waals surface area (Å²) in [5.74, 6) is 0.732. The highest BCUT2D eigenvalue weighted by Gasteiger charge is 2.27. The smallest absolute Gasteiger partial charge is 0.131 e. The molecule has 1 aliphatic rings. The van der Waals surface area contributed by atoms with Gasteiger partial charge in [0.25, 0.3) is 0 Å². The van der Waals surface area contributed by atoms with E-state index >= 15 is 0 Å². The molecule has 1 aromatic heterocycles. The fourth-order valence-corrected chi connectivity index (χ4v) is 2.13. The van der Waals surface area contributed by atoms with Crippen LogP contribution in [0.4, 0.5) is 0 Å². The van der Waals surface area contributed by atoms with Crippen molar-refractivity contribution in [3.63, 3.8) is 0 Å². The van der Waals surface area contributed by atoms with Gasteiger partial charge in [-0.3, -0.25) is 0 Å². The first kappa shape index (κ1) is 10.1. The maximum atomic E-state index is 4.21. The van der Waals surface area contributed by atoms with E-state index in [-0.39, 0.29) is 5.54 Å². The van der Waals surface area contributed by atoms with Crippen molar-refractivity contribution in [3.05, 3.63) is 10.0 Å². The minimum atomic E-state index is 0.158. The fourth-order valence-electron chi connectivity index (χ4n) is 1.17. The molecule has 0 bridgehead atoms. The molecular formula is C10H17N3S. The highest BCUT2D eigenvalue weighted by atomic mass is 32.1. The average Bonchev–Trinajstić information content (AvgIpc) is 2.81. The molecule has 1 aromatic rings. The molecule has 14 heavy (non-hydrogen) atoms. The number of nitrogens with one attached hydrogen (secondary N) is 1. The monoisotopic (exact) mass is 211 g/mol. The number of hydrogen-bond donors (Lipinski definition) is 1. The molecule has 0 radical (unpaired) electrons. The predicted octanol–water partition coefficient (Wildman–Crippen LogP) is 2.30. The van der Waals surface area contributed by atoms with Crippen molar-refractivity contribution in [2.45, 2.75) is 51.6 Å². The van der Waals surface area contributed by atoms with Crippen molar-refractivity contribution >= 4 is 11.3 Å². The molecule has 1 N–H and O–H groups in total. The molecule has 0 saturated heterocycles. The number of hydrogen-bond acceptors (Lipinski definition) is 4. The van der Waals surface area contributed by atoms with E-state index in [1.54, 1.807) is 11.3 Å². The molecule has 1 aliphatic carbocycles. The van der Waals surface area contributed by atoms with Gasteiger partial charge < -0.3 is 5.32 Å². The molecule has 0 aromatic carbocycles. The lowest BCUT2D eigenvalue weighted by Gasteiger charge is -2.19. The molecule has 2 rings (SSSR count). The van der Waals surface area contributed by atoms with E-state index in [0.29, 0.717) is 0 Å².